The van der Waals surface area contributed by atoms with Gasteiger partial charge in [0, 0.05) is 48.8 Å². The van der Waals surface area contributed by atoms with Gasteiger partial charge in [0.2, 0.25) is 11.2 Å². The largest absolute Gasteiger partial charge is 0.506 e. The number of phenolic OH excluding ortho intramolecular Hbond substituents is 1. The summed E-state index contributed by atoms with van der Waals surface area (Å²) >= 11 is 0. The average molecular weight is 629 g/mol. The summed E-state index contributed by atoms with van der Waals surface area (Å²) in [5, 5.41) is 39.3. The summed E-state index contributed by atoms with van der Waals surface area (Å²) < 4.78 is 5.76. The Morgan fingerprint density at radius 1 is 1.02 bits per heavy atom. The summed E-state index contributed by atoms with van der Waals surface area (Å²) in [7, 11) is 1.95. The van der Waals surface area contributed by atoms with Crippen LogP contribution in [-0.2, 0) is 15.1 Å². The van der Waals surface area contributed by atoms with Gasteiger partial charge < -0.3 is 40.6 Å². The van der Waals surface area contributed by atoms with Crippen LogP contribution in [0.5, 0.6) is 5.75 Å². The number of fused-ring (bicyclic) bond motifs is 1. The molecule has 4 aromatic rings. The number of aromatic nitrogens is 1. The van der Waals surface area contributed by atoms with E-state index in [2.05, 4.69) is 20.5 Å². The first-order valence-electron chi connectivity index (χ1n) is 15.5. The van der Waals surface area contributed by atoms with Crippen LogP contribution in [0.3, 0.4) is 0 Å². The number of carbonyl (C=O) groups excluding carboxylic acids is 2. The van der Waals surface area contributed by atoms with Crippen molar-refractivity contribution in [2.24, 2.45) is 0 Å². The minimum Gasteiger partial charge on any atom is -0.506 e. The third kappa shape index (κ3) is 7.45. The predicted octanol–water partition coefficient (Wildman–Crippen LogP) is 2.55. The van der Waals surface area contributed by atoms with Crippen LogP contribution in [0.1, 0.15) is 52.4 Å². The number of carbonyl (C=O) groups is 2. The van der Waals surface area contributed by atoms with Crippen LogP contribution < -0.4 is 16.2 Å². The Bertz CT molecular complexity index is 1730. The number of aromatic amines is 1. The van der Waals surface area contributed by atoms with Gasteiger partial charge in [0.05, 0.1) is 11.6 Å². The summed E-state index contributed by atoms with van der Waals surface area (Å²) in [6.45, 7) is 2.66. The highest BCUT2D eigenvalue weighted by Gasteiger charge is 2.43. The molecule has 1 aromatic heterocycles. The Labute approximate surface area is 266 Å². The van der Waals surface area contributed by atoms with E-state index in [1.807, 2.05) is 7.05 Å². The number of likely N-dealkylation sites (tertiary alicyclic amines) is 1. The number of hydrogen-bond acceptors (Lipinski definition) is 9. The second kappa shape index (κ2) is 14.7. The van der Waals surface area contributed by atoms with E-state index in [0.29, 0.717) is 54.6 Å². The Kier molecular flexibility index (Phi) is 10.5. The zero-order chi connectivity index (χ0) is 32.7. The molecule has 2 heterocycles. The van der Waals surface area contributed by atoms with Gasteiger partial charge in [0.25, 0.3) is 5.91 Å². The maximum atomic E-state index is 13.5. The average Bonchev–Trinajstić information content (AvgIpc) is 3.48. The lowest BCUT2D eigenvalue weighted by atomic mass is 9.85. The van der Waals surface area contributed by atoms with E-state index in [1.54, 1.807) is 60.7 Å². The molecule has 242 valence electrons. The number of rotatable bonds is 13. The predicted molar refractivity (Wildman–Crippen MR) is 174 cm³/mol. The van der Waals surface area contributed by atoms with Crippen molar-refractivity contribution in [3.8, 4) is 5.75 Å². The molecular weight excluding hydrogens is 588 g/mol. The van der Waals surface area contributed by atoms with Gasteiger partial charge in [-0.1, -0.05) is 48.5 Å². The normalized spacial score (nSPS) is 17.0. The van der Waals surface area contributed by atoms with Crippen molar-refractivity contribution in [3.05, 3.63) is 111 Å². The number of benzene rings is 3. The number of esters is 1. The van der Waals surface area contributed by atoms with Gasteiger partial charge in [0.15, 0.2) is 0 Å². The minimum absolute atomic E-state index is 0.0627. The van der Waals surface area contributed by atoms with E-state index in [-0.39, 0.29) is 40.9 Å². The van der Waals surface area contributed by atoms with E-state index in [1.165, 1.54) is 18.2 Å². The summed E-state index contributed by atoms with van der Waals surface area (Å²) in [5.74, 6) is -1.17. The molecule has 0 spiro atoms. The molecule has 3 atom stereocenters. The molecule has 1 amide bonds. The van der Waals surface area contributed by atoms with Crippen molar-refractivity contribution in [1.29, 1.82) is 0 Å². The number of amides is 1. The molecule has 0 radical (unpaired) electrons. The SMILES string of the molecule is CN1CCC(OC(=O)C(O)(c2ccccc2)c2cccc(C(=O)NCCCCNC[C@H](O)c3ccc(O)c4[nH]c(=O)ccc34)c2)C1. The van der Waals surface area contributed by atoms with Crippen LogP contribution >= 0.6 is 0 Å². The third-order valence-corrected chi connectivity index (χ3v) is 8.32. The minimum atomic E-state index is -2.08. The molecular formula is C35H40N4O7. The highest BCUT2D eigenvalue weighted by Crippen LogP contribution is 2.33. The monoisotopic (exact) mass is 628 g/mol. The molecule has 0 saturated carbocycles. The lowest BCUT2D eigenvalue weighted by Gasteiger charge is -2.29. The lowest BCUT2D eigenvalue weighted by Crippen LogP contribution is -2.41. The Hall–Kier alpha value is -4.55. The fourth-order valence-corrected chi connectivity index (χ4v) is 5.77. The van der Waals surface area contributed by atoms with Crippen LogP contribution in [-0.4, -0.2) is 83.0 Å². The van der Waals surface area contributed by atoms with Crippen LogP contribution in [0.4, 0.5) is 0 Å². The van der Waals surface area contributed by atoms with E-state index < -0.39 is 17.7 Å². The molecule has 6 N–H and O–H groups in total. The fraction of sp³-hybridized carbons (Fsp3) is 0.343. The van der Waals surface area contributed by atoms with Crippen molar-refractivity contribution >= 4 is 22.8 Å². The first-order chi connectivity index (χ1) is 22.2. The van der Waals surface area contributed by atoms with Gasteiger partial charge >= 0.3 is 5.97 Å². The van der Waals surface area contributed by atoms with E-state index in [0.717, 1.165) is 13.0 Å². The molecule has 5 rings (SSSR count). The van der Waals surface area contributed by atoms with Gasteiger partial charge in [-0.3, -0.25) is 9.59 Å². The molecule has 46 heavy (non-hydrogen) atoms. The summed E-state index contributed by atoms with van der Waals surface area (Å²) in [5.41, 5.74) is -0.638. The number of ether oxygens (including phenoxy) is 1. The number of H-pyrrole nitrogens is 1. The molecule has 11 nitrogen and oxygen atoms in total. The molecule has 3 aromatic carbocycles. The van der Waals surface area contributed by atoms with E-state index >= 15 is 0 Å². The highest BCUT2D eigenvalue weighted by atomic mass is 16.6. The van der Waals surface area contributed by atoms with Crippen molar-refractivity contribution in [2.75, 3.05) is 39.8 Å². The van der Waals surface area contributed by atoms with Gasteiger partial charge in [-0.25, -0.2) is 4.79 Å². The number of aliphatic hydroxyl groups is 2. The van der Waals surface area contributed by atoms with Crippen molar-refractivity contribution in [3.63, 3.8) is 0 Å². The van der Waals surface area contributed by atoms with Crippen LogP contribution in [0.25, 0.3) is 10.9 Å². The first-order valence-corrected chi connectivity index (χ1v) is 15.5. The Morgan fingerprint density at radius 3 is 2.54 bits per heavy atom. The van der Waals surface area contributed by atoms with Crippen molar-refractivity contribution in [1.82, 2.24) is 20.5 Å². The molecule has 1 aliphatic heterocycles. The zero-order valence-corrected chi connectivity index (χ0v) is 25.7. The highest BCUT2D eigenvalue weighted by molar-refractivity contribution is 5.95. The van der Waals surface area contributed by atoms with E-state index in [4.69, 9.17) is 4.74 Å². The lowest BCUT2D eigenvalue weighted by molar-refractivity contribution is -0.167. The van der Waals surface area contributed by atoms with Crippen LogP contribution in [0, 0.1) is 0 Å². The molecule has 2 unspecified atom stereocenters. The number of unbranched alkanes of at least 4 members (excludes halogenated alkanes) is 1. The topological polar surface area (TPSA) is 164 Å². The van der Waals surface area contributed by atoms with Crippen LogP contribution in [0.15, 0.2) is 83.7 Å². The number of hydrogen-bond donors (Lipinski definition) is 6. The smallest absolute Gasteiger partial charge is 0.348 e. The number of pyridine rings is 1. The fourth-order valence-electron chi connectivity index (χ4n) is 5.77. The summed E-state index contributed by atoms with van der Waals surface area (Å²) in [4.78, 5) is 42.8. The molecule has 1 aliphatic rings. The maximum absolute atomic E-state index is 13.5. The van der Waals surface area contributed by atoms with Gasteiger partial charge in [-0.05, 0) is 68.2 Å². The first kappa shape index (κ1) is 32.8. The number of likely N-dealkylation sites (N-methyl/N-ethyl adjacent to an activating group) is 1. The van der Waals surface area contributed by atoms with E-state index in [9.17, 15) is 29.7 Å². The van der Waals surface area contributed by atoms with Crippen molar-refractivity contribution in [2.45, 2.75) is 37.1 Å². The summed E-state index contributed by atoms with van der Waals surface area (Å²) in [6, 6.07) is 21.0. The second-order valence-corrected chi connectivity index (χ2v) is 11.7. The van der Waals surface area contributed by atoms with Gasteiger partial charge in [-0.15, -0.1) is 0 Å². The maximum Gasteiger partial charge on any atom is 0.348 e. The second-order valence-electron chi connectivity index (χ2n) is 11.7. The van der Waals surface area contributed by atoms with Gasteiger partial charge in [0.1, 0.15) is 11.9 Å². The van der Waals surface area contributed by atoms with Gasteiger partial charge in [-0.2, -0.15) is 0 Å². The molecule has 11 heteroatoms. The molecule has 0 bridgehead atoms. The van der Waals surface area contributed by atoms with Crippen molar-refractivity contribution < 1.29 is 29.6 Å². The quantitative estimate of drug-likeness (QED) is 0.0965. The number of phenols is 1. The molecule has 0 aliphatic carbocycles. The number of nitrogens with zero attached hydrogens (tertiary/aromatic N) is 1. The number of aliphatic hydroxyl groups excluding tert-OH is 1. The number of nitrogens with one attached hydrogen (secondary N) is 3. The molecule has 1 fully saturated rings. The number of aromatic hydroxyl groups is 1. The Morgan fingerprint density at radius 2 is 1.78 bits per heavy atom. The standard InChI is InChI=1S/C35H40N4O7/c1-39-19-16-26(22-39)46-34(44)35(45,24-9-3-2-4-10-24)25-11-7-8-23(20-25)33(43)37-18-6-5-17-36-21-30(41)27-12-14-29(40)32-28(27)13-15-31(42)38-32/h2-4,7-15,20,26,30,36,40-41,45H,5-6,16-19,21-22H2,1H3,(H,37,43)(H,38,42)/t26?,30-,35?/m0/s1. The zero-order valence-electron chi connectivity index (χ0n) is 25.7. The third-order valence-electron chi connectivity index (χ3n) is 8.32. The molecule has 1 saturated heterocycles. The van der Waals surface area contributed by atoms with Crippen LogP contribution in [0.2, 0.25) is 0 Å². The summed E-state index contributed by atoms with van der Waals surface area (Å²) in [6.07, 6.45) is 0.911. The Balaban J connectivity index is 1.13.